The van der Waals surface area contributed by atoms with Crippen LogP contribution in [0.1, 0.15) is 51.5 Å². The van der Waals surface area contributed by atoms with Crippen molar-refractivity contribution < 1.29 is 0 Å². The Labute approximate surface area is 112 Å². The second-order valence-electron chi connectivity index (χ2n) is 4.95. The van der Waals surface area contributed by atoms with E-state index in [1.54, 1.807) is 0 Å². The van der Waals surface area contributed by atoms with E-state index in [2.05, 4.69) is 56.5 Å². The molecule has 0 fully saturated rings. The Balaban J connectivity index is 2.77. The predicted molar refractivity (Wildman–Crippen MR) is 80.5 cm³/mol. The van der Waals surface area contributed by atoms with Crippen LogP contribution in [0.4, 0.5) is 0 Å². The summed E-state index contributed by atoms with van der Waals surface area (Å²) in [5.74, 6) is 6.80. The smallest absolute Gasteiger partial charge is 0.0568 e. The van der Waals surface area contributed by atoms with E-state index in [0.717, 1.165) is 12.8 Å². The van der Waals surface area contributed by atoms with Crippen molar-refractivity contribution in [2.24, 2.45) is 0 Å². The van der Waals surface area contributed by atoms with Gasteiger partial charge in [-0.3, -0.25) is 0 Å². The minimum Gasteiger partial charge on any atom is -0.103 e. The molecule has 0 heterocycles. The largest absolute Gasteiger partial charge is 0.103 e. The first-order valence-electron chi connectivity index (χ1n) is 6.89. The molecule has 1 aromatic carbocycles. The van der Waals surface area contributed by atoms with Crippen LogP contribution in [0.2, 0.25) is 0 Å². The lowest BCUT2D eigenvalue weighted by Gasteiger charge is -2.22. The zero-order valence-electron chi connectivity index (χ0n) is 11.7. The van der Waals surface area contributed by atoms with Gasteiger partial charge in [0.1, 0.15) is 0 Å². The molecule has 0 bridgehead atoms. The monoisotopic (exact) mass is 240 g/mol. The normalized spacial score (nSPS) is 13.2. The van der Waals surface area contributed by atoms with Crippen LogP contribution in [-0.2, 0) is 5.41 Å². The van der Waals surface area contributed by atoms with Crippen LogP contribution in [-0.4, -0.2) is 0 Å². The Kier molecular flexibility index (Phi) is 6.29. The van der Waals surface area contributed by atoms with Crippen molar-refractivity contribution in [3.63, 3.8) is 0 Å². The topological polar surface area (TPSA) is 0 Å². The molecule has 0 nitrogen and oxygen atoms in total. The van der Waals surface area contributed by atoms with E-state index in [1.807, 2.05) is 12.1 Å². The van der Waals surface area contributed by atoms with Gasteiger partial charge in [0, 0.05) is 6.42 Å². The van der Waals surface area contributed by atoms with Crippen molar-refractivity contribution >= 4 is 0 Å². The maximum atomic E-state index is 3.86. The first kappa shape index (κ1) is 14.6. The van der Waals surface area contributed by atoms with Gasteiger partial charge in [0.05, 0.1) is 5.41 Å². The number of hydrogen-bond acceptors (Lipinski definition) is 0. The zero-order valence-corrected chi connectivity index (χ0v) is 11.7. The molecular weight excluding hydrogens is 216 g/mol. The molecule has 0 aromatic heterocycles. The van der Waals surface area contributed by atoms with E-state index in [9.17, 15) is 0 Å². The van der Waals surface area contributed by atoms with Crippen molar-refractivity contribution in [3.8, 4) is 11.8 Å². The van der Waals surface area contributed by atoms with Crippen molar-refractivity contribution in [2.75, 3.05) is 0 Å². The van der Waals surface area contributed by atoms with Gasteiger partial charge in [-0.15, -0.1) is 12.5 Å². The molecule has 1 unspecified atom stereocenters. The first-order chi connectivity index (χ1) is 8.73. The highest BCUT2D eigenvalue weighted by Gasteiger charge is 2.21. The van der Waals surface area contributed by atoms with Crippen LogP contribution in [0, 0.1) is 11.8 Å². The van der Waals surface area contributed by atoms with Gasteiger partial charge in [-0.2, -0.15) is 0 Å². The molecule has 1 atom stereocenters. The fourth-order valence-corrected chi connectivity index (χ4v) is 2.06. The highest BCUT2D eigenvalue weighted by molar-refractivity contribution is 5.35. The standard InChI is InChI=1S/C18H24/c1-4-6-7-8-12-16-18(3,15-5-2)17-13-10-9-11-14-17/h5,9-11,13-14H,2,4,6-8,15H2,1,3H3. The molecule has 0 amide bonds. The third-order valence-electron chi connectivity index (χ3n) is 3.23. The summed E-state index contributed by atoms with van der Waals surface area (Å²) in [4.78, 5) is 0. The van der Waals surface area contributed by atoms with Crippen LogP contribution < -0.4 is 0 Å². The van der Waals surface area contributed by atoms with Crippen LogP contribution in [0.5, 0.6) is 0 Å². The second kappa shape index (κ2) is 7.77. The molecular formula is C18H24. The van der Waals surface area contributed by atoms with Crippen molar-refractivity contribution in [1.82, 2.24) is 0 Å². The van der Waals surface area contributed by atoms with E-state index in [4.69, 9.17) is 0 Å². The van der Waals surface area contributed by atoms with Crippen molar-refractivity contribution in [1.29, 1.82) is 0 Å². The fraction of sp³-hybridized carbons (Fsp3) is 0.444. The van der Waals surface area contributed by atoms with Gasteiger partial charge in [-0.1, -0.05) is 62.1 Å². The summed E-state index contributed by atoms with van der Waals surface area (Å²) in [5.41, 5.74) is 1.20. The van der Waals surface area contributed by atoms with Gasteiger partial charge in [0.2, 0.25) is 0 Å². The third kappa shape index (κ3) is 4.41. The Morgan fingerprint density at radius 3 is 2.56 bits per heavy atom. The molecule has 96 valence electrons. The molecule has 1 aromatic rings. The van der Waals surface area contributed by atoms with Crippen molar-refractivity contribution in [3.05, 3.63) is 48.6 Å². The molecule has 0 saturated carbocycles. The summed E-state index contributed by atoms with van der Waals surface area (Å²) in [5, 5.41) is 0. The second-order valence-corrected chi connectivity index (χ2v) is 4.95. The molecule has 0 aliphatic carbocycles. The summed E-state index contributed by atoms with van der Waals surface area (Å²) in [6.07, 6.45) is 7.61. The summed E-state index contributed by atoms with van der Waals surface area (Å²) in [6, 6.07) is 10.5. The zero-order chi connectivity index (χ0) is 13.3. The van der Waals surface area contributed by atoms with E-state index < -0.39 is 0 Å². The molecule has 0 spiro atoms. The fourth-order valence-electron chi connectivity index (χ4n) is 2.06. The number of rotatable bonds is 6. The highest BCUT2D eigenvalue weighted by atomic mass is 14.2. The van der Waals surface area contributed by atoms with Crippen LogP contribution in [0.25, 0.3) is 0 Å². The lowest BCUT2D eigenvalue weighted by atomic mass is 9.80. The molecule has 1 rings (SSSR count). The summed E-state index contributed by atoms with van der Waals surface area (Å²) in [6.45, 7) is 8.29. The number of benzene rings is 1. The number of hydrogen-bond donors (Lipinski definition) is 0. The maximum absolute atomic E-state index is 3.86. The van der Waals surface area contributed by atoms with Crippen molar-refractivity contribution in [2.45, 2.75) is 51.4 Å². The highest BCUT2D eigenvalue weighted by Crippen LogP contribution is 2.27. The quantitative estimate of drug-likeness (QED) is 0.368. The minimum atomic E-state index is -0.0881. The molecule has 0 heteroatoms. The van der Waals surface area contributed by atoms with Gasteiger partial charge in [0.25, 0.3) is 0 Å². The molecule has 0 saturated heterocycles. The third-order valence-corrected chi connectivity index (χ3v) is 3.23. The summed E-state index contributed by atoms with van der Waals surface area (Å²) >= 11 is 0. The van der Waals surface area contributed by atoms with Crippen LogP contribution in [0.3, 0.4) is 0 Å². The minimum absolute atomic E-state index is 0.0881. The van der Waals surface area contributed by atoms with Crippen LogP contribution >= 0.6 is 0 Å². The lowest BCUT2D eigenvalue weighted by Crippen LogP contribution is -2.18. The predicted octanol–water partition coefficient (Wildman–Crippen LogP) is 5.10. The van der Waals surface area contributed by atoms with E-state index >= 15 is 0 Å². The summed E-state index contributed by atoms with van der Waals surface area (Å²) in [7, 11) is 0. The van der Waals surface area contributed by atoms with Gasteiger partial charge in [-0.05, 0) is 25.3 Å². The van der Waals surface area contributed by atoms with Crippen LogP contribution in [0.15, 0.2) is 43.0 Å². The van der Waals surface area contributed by atoms with Gasteiger partial charge in [0.15, 0.2) is 0 Å². The Bertz CT molecular complexity index is 405. The average molecular weight is 240 g/mol. The van der Waals surface area contributed by atoms with E-state index in [1.165, 1.54) is 24.8 Å². The lowest BCUT2D eigenvalue weighted by molar-refractivity contribution is 0.629. The number of allylic oxidation sites excluding steroid dienone is 1. The molecule has 0 aliphatic rings. The number of unbranched alkanes of at least 4 members (excludes halogenated alkanes) is 3. The van der Waals surface area contributed by atoms with E-state index in [-0.39, 0.29) is 5.41 Å². The van der Waals surface area contributed by atoms with Gasteiger partial charge < -0.3 is 0 Å². The molecule has 0 radical (unpaired) electrons. The molecule has 0 N–H and O–H groups in total. The Morgan fingerprint density at radius 2 is 1.94 bits per heavy atom. The Morgan fingerprint density at radius 1 is 1.22 bits per heavy atom. The SMILES string of the molecule is C=CCC(C)(C#CCCCCC)c1ccccc1. The molecule has 18 heavy (non-hydrogen) atoms. The maximum Gasteiger partial charge on any atom is 0.0568 e. The first-order valence-corrected chi connectivity index (χ1v) is 6.89. The average Bonchev–Trinajstić information content (AvgIpc) is 2.40. The molecule has 0 aliphatic heterocycles. The van der Waals surface area contributed by atoms with Gasteiger partial charge in [-0.25, -0.2) is 0 Å². The van der Waals surface area contributed by atoms with Gasteiger partial charge >= 0.3 is 0 Å². The van der Waals surface area contributed by atoms with E-state index in [0.29, 0.717) is 0 Å². The Hall–Kier alpha value is -1.48. The summed E-state index contributed by atoms with van der Waals surface area (Å²) < 4.78 is 0.